The summed E-state index contributed by atoms with van der Waals surface area (Å²) in [6, 6.07) is 14.4. The quantitative estimate of drug-likeness (QED) is 0.773. The van der Waals surface area contributed by atoms with Gasteiger partial charge in [-0.2, -0.15) is 0 Å². The minimum Gasteiger partial charge on any atom is -0.493 e. The molecule has 0 saturated heterocycles. The Morgan fingerprint density at radius 3 is 2.46 bits per heavy atom. The van der Waals surface area contributed by atoms with Crippen LogP contribution in [0, 0.1) is 12.8 Å². The van der Waals surface area contributed by atoms with Crippen molar-refractivity contribution in [3.05, 3.63) is 59.2 Å². The summed E-state index contributed by atoms with van der Waals surface area (Å²) in [6.07, 6.45) is 3.42. The number of aryl methyl sites for hydroxylation is 2. The molecule has 0 aromatic heterocycles. The van der Waals surface area contributed by atoms with Crippen LogP contribution in [0.3, 0.4) is 0 Å². The predicted octanol–water partition coefficient (Wildman–Crippen LogP) is 4.21. The lowest BCUT2D eigenvalue weighted by Crippen LogP contribution is -2.30. The van der Waals surface area contributed by atoms with Gasteiger partial charge in [0, 0.05) is 6.42 Å². The van der Waals surface area contributed by atoms with Crippen molar-refractivity contribution < 1.29 is 14.3 Å². The first-order chi connectivity index (χ1) is 12.6. The fraction of sp³-hybridized carbons (Fsp3) is 0.409. The van der Waals surface area contributed by atoms with Crippen LogP contribution >= 0.6 is 0 Å². The molecule has 1 aliphatic carbocycles. The van der Waals surface area contributed by atoms with Crippen LogP contribution in [0.15, 0.2) is 42.5 Å². The third-order valence-corrected chi connectivity index (χ3v) is 4.95. The monoisotopic (exact) mass is 353 g/mol. The van der Waals surface area contributed by atoms with Crippen molar-refractivity contribution in [2.24, 2.45) is 5.92 Å². The van der Waals surface area contributed by atoms with Gasteiger partial charge in [-0.1, -0.05) is 42.0 Å². The Morgan fingerprint density at radius 1 is 1.12 bits per heavy atom. The van der Waals surface area contributed by atoms with Gasteiger partial charge in [0.25, 0.3) is 0 Å². The Labute approximate surface area is 155 Å². The summed E-state index contributed by atoms with van der Waals surface area (Å²) < 4.78 is 10.8. The second kappa shape index (κ2) is 8.26. The molecule has 0 spiro atoms. The minimum absolute atomic E-state index is 0.0762. The number of hydrogen-bond donors (Lipinski definition) is 1. The van der Waals surface area contributed by atoms with E-state index in [4.69, 9.17) is 9.47 Å². The van der Waals surface area contributed by atoms with Crippen molar-refractivity contribution >= 4 is 5.91 Å². The Balaban J connectivity index is 1.64. The van der Waals surface area contributed by atoms with Crippen LogP contribution in [0.1, 0.15) is 42.0 Å². The average Bonchev–Trinajstić information content (AvgIpc) is 3.49. The van der Waals surface area contributed by atoms with Gasteiger partial charge >= 0.3 is 0 Å². The largest absolute Gasteiger partial charge is 0.493 e. The molecule has 1 atom stereocenters. The molecule has 4 nitrogen and oxygen atoms in total. The Morgan fingerprint density at radius 2 is 1.85 bits per heavy atom. The lowest BCUT2D eigenvalue weighted by atomic mass is 10.0. The third-order valence-electron chi connectivity index (χ3n) is 4.95. The highest BCUT2D eigenvalue weighted by atomic mass is 16.5. The average molecular weight is 353 g/mol. The standard InChI is InChI=1S/C22H27NO3/c1-15-7-9-16(10-8-15)21(17-11-12-17)23-20(24)14-13-18-5-4-6-19(25-2)22(18)26-3/h4-10,17,21H,11-14H2,1-3H3,(H,23,24). The normalized spacial score (nSPS) is 14.6. The number of methoxy groups -OCH3 is 2. The van der Waals surface area contributed by atoms with Crippen molar-refractivity contribution in [1.82, 2.24) is 5.32 Å². The van der Waals surface area contributed by atoms with Gasteiger partial charge in [0.2, 0.25) is 5.91 Å². The molecule has 1 N–H and O–H groups in total. The molecule has 2 aromatic carbocycles. The van der Waals surface area contributed by atoms with Crippen LogP contribution in [0.2, 0.25) is 0 Å². The first kappa shape index (κ1) is 18.3. The van der Waals surface area contributed by atoms with E-state index in [-0.39, 0.29) is 11.9 Å². The number of ether oxygens (including phenoxy) is 2. The van der Waals surface area contributed by atoms with Gasteiger partial charge in [-0.25, -0.2) is 0 Å². The molecule has 0 aliphatic heterocycles. The van der Waals surface area contributed by atoms with Crippen molar-refractivity contribution in [2.75, 3.05) is 14.2 Å². The van der Waals surface area contributed by atoms with Gasteiger partial charge in [0.15, 0.2) is 11.5 Å². The zero-order valence-corrected chi connectivity index (χ0v) is 15.7. The maximum Gasteiger partial charge on any atom is 0.220 e. The summed E-state index contributed by atoms with van der Waals surface area (Å²) in [5.41, 5.74) is 3.42. The summed E-state index contributed by atoms with van der Waals surface area (Å²) in [7, 11) is 3.25. The number of nitrogens with one attached hydrogen (secondary N) is 1. The summed E-state index contributed by atoms with van der Waals surface area (Å²) >= 11 is 0. The highest BCUT2D eigenvalue weighted by Crippen LogP contribution is 2.41. The summed E-state index contributed by atoms with van der Waals surface area (Å²) in [5, 5.41) is 3.24. The summed E-state index contributed by atoms with van der Waals surface area (Å²) in [6.45, 7) is 2.08. The van der Waals surface area contributed by atoms with Gasteiger partial charge in [-0.15, -0.1) is 0 Å². The van der Waals surface area contributed by atoms with Crippen molar-refractivity contribution in [1.29, 1.82) is 0 Å². The number of carbonyl (C=O) groups excluding carboxylic acids is 1. The van der Waals surface area contributed by atoms with Crippen molar-refractivity contribution in [3.63, 3.8) is 0 Å². The molecule has 0 bridgehead atoms. The molecule has 1 amide bonds. The lowest BCUT2D eigenvalue weighted by Gasteiger charge is -2.19. The molecule has 138 valence electrons. The van der Waals surface area contributed by atoms with Crippen LogP contribution in [-0.4, -0.2) is 20.1 Å². The number of amides is 1. The molecular weight excluding hydrogens is 326 g/mol. The zero-order valence-electron chi connectivity index (χ0n) is 15.7. The van der Waals surface area contributed by atoms with Crippen molar-refractivity contribution in [2.45, 2.75) is 38.6 Å². The molecule has 1 aliphatic rings. The van der Waals surface area contributed by atoms with Gasteiger partial charge in [0.1, 0.15) is 0 Å². The zero-order chi connectivity index (χ0) is 18.5. The smallest absolute Gasteiger partial charge is 0.220 e. The molecule has 1 unspecified atom stereocenters. The first-order valence-electron chi connectivity index (χ1n) is 9.18. The highest BCUT2D eigenvalue weighted by molar-refractivity contribution is 5.77. The van der Waals surface area contributed by atoms with E-state index in [9.17, 15) is 4.79 Å². The number of carbonyl (C=O) groups is 1. The molecule has 4 heteroatoms. The molecule has 3 rings (SSSR count). The van der Waals surface area contributed by atoms with E-state index in [1.807, 2.05) is 18.2 Å². The first-order valence-corrected chi connectivity index (χ1v) is 9.18. The van der Waals surface area contributed by atoms with E-state index in [2.05, 4.69) is 36.5 Å². The molecule has 0 heterocycles. The van der Waals surface area contributed by atoms with Crippen LogP contribution in [0.4, 0.5) is 0 Å². The number of para-hydroxylation sites is 1. The van der Waals surface area contributed by atoms with E-state index >= 15 is 0 Å². The second-order valence-corrected chi connectivity index (χ2v) is 6.95. The fourth-order valence-corrected chi connectivity index (χ4v) is 3.32. The van der Waals surface area contributed by atoms with E-state index in [0.29, 0.717) is 30.3 Å². The van der Waals surface area contributed by atoms with Gasteiger partial charge in [0.05, 0.1) is 20.3 Å². The Bertz CT molecular complexity index is 750. The van der Waals surface area contributed by atoms with E-state index < -0.39 is 0 Å². The summed E-state index contributed by atoms with van der Waals surface area (Å²) in [4.78, 5) is 12.6. The molecular formula is C22H27NO3. The predicted molar refractivity (Wildman–Crippen MR) is 103 cm³/mol. The maximum absolute atomic E-state index is 12.6. The van der Waals surface area contributed by atoms with E-state index in [1.165, 1.54) is 24.0 Å². The lowest BCUT2D eigenvalue weighted by molar-refractivity contribution is -0.122. The van der Waals surface area contributed by atoms with Gasteiger partial charge < -0.3 is 14.8 Å². The van der Waals surface area contributed by atoms with E-state index in [0.717, 1.165) is 5.56 Å². The minimum atomic E-state index is 0.0762. The summed E-state index contributed by atoms with van der Waals surface area (Å²) in [5.74, 6) is 2.04. The molecule has 1 fully saturated rings. The second-order valence-electron chi connectivity index (χ2n) is 6.95. The molecule has 0 radical (unpaired) electrons. The van der Waals surface area contributed by atoms with Crippen LogP contribution < -0.4 is 14.8 Å². The van der Waals surface area contributed by atoms with E-state index in [1.54, 1.807) is 14.2 Å². The van der Waals surface area contributed by atoms with Crippen molar-refractivity contribution in [3.8, 4) is 11.5 Å². The van der Waals surface area contributed by atoms with Crippen LogP contribution in [0.25, 0.3) is 0 Å². The maximum atomic E-state index is 12.6. The van der Waals surface area contributed by atoms with Gasteiger partial charge in [-0.3, -0.25) is 4.79 Å². The number of rotatable bonds is 8. The topological polar surface area (TPSA) is 47.6 Å². The van der Waals surface area contributed by atoms with Gasteiger partial charge in [-0.05, 0) is 49.3 Å². The highest BCUT2D eigenvalue weighted by Gasteiger charge is 2.33. The SMILES string of the molecule is COc1cccc(CCC(=O)NC(c2ccc(C)cc2)C2CC2)c1OC. The number of hydrogen-bond acceptors (Lipinski definition) is 3. The van der Waals surface area contributed by atoms with Crippen LogP contribution in [0.5, 0.6) is 11.5 Å². The molecule has 26 heavy (non-hydrogen) atoms. The fourth-order valence-electron chi connectivity index (χ4n) is 3.32. The Kier molecular flexibility index (Phi) is 5.82. The molecule has 2 aromatic rings. The Hall–Kier alpha value is -2.49. The third kappa shape index (κ3) is 4.37. The molecule has 1 saturated carbocycles. The number of benzene rings is 2. The van der Waals surface area contributed by atoms with Crippen LogP contribution in [-0.2, 0) is 11.2 Å².